The maximum atomic E-state index is 12.2. The van der Waals surface area contributed by atoms with Crippen molar-refractivity contribution in [1.29, 1.82) is 0 Å². The van der Waals surface area contributed by atoms with Crippen LogP contribution in [0.1, 0.15) is 21.5 Å². The van der Waals surface area contributed by atoms with Gasteiger partial charge in [-0.05, 0) is 40.5 Å². The lowest BCUT2D eigenvalue weighted by Crippen LogP contribution is -2.17. The maximum absolute atomic E-state index is 12.2. The SMILES string of the molecule is O=C(/C=C/c1ccc(C(=O)N/N=C/c2ccc(-c3ccccc3)cc2)cc1)CO. The lowest BCUT2D eigenvalue weighted by Gasteiger charge is -2.02. The zero-order valence-corrected chi connectivity index (χ0v) is 15.7. The summed E-state index contributed by atoms with van der Waals surface area (Å²) in [5, 5.41) is 12.7. The van der Waals surface area contributed by atoms with Gasteiger partial charge < -0.3 is 5.11 Å². The van der Waals surface area contributed by atoms with Gasteiger partial charge in [-0.15, -0.1) is 0 Å². The molecule has 3 aromatic rings. The van der Waals surface area contributed by atoms with Crippen LogP contribution in [-0.4, -0.2) is 29.6 Å². The van der Waals surface area contributed by atoms with Crippen LogP contribution in [0.4, 0.5) is 0 Å². The fourth-order valence-electron chi connectivity index (χ4n) is 2.61. The molecule has 5 heteroatoms. The molecular formula is C24H20N2O3. The third-order valence-corrected chi connectivity index (χ3v) is 4.19. The predicted molar refractivity (Wildman–Crippen MR) is 115 cm³/mol. The zero-order valence-electron chi connectivity index (χ0n) is 15.7. The highest BCUT2D eigenvalue weighted by Crippen LogP contribution is 2.18. The Morgan fingerprint density at radius 1 is 0.828 bits per heavy atom. The topological polar surface area (TPSA) is 78.8 Å². The van der Waals surface area contributed by atoms with Gasteiger partial charge in [-0.1, -0.05) is 72.8 Å². The van der Waals surface area contributed by atoms with Gasteiger partial charge in [-0.2, -0.15) is 5.10 Å². The van der Waals surface area contributed by atoms with Crippen molar-refractivity contribution in [2.24, 2.45) is 5.10 Å². The summed E-state index contributed by atoms with van der Waals surface area (Å²) in [5.41, 5.74) is 6.83. The minimum Gasteiger partial charge on any atom is -0.388 e. The molecule has 0 aromatic heterocycles. The van der Waals surface area contributed by atoms with Gasteiger partial charge in [0.25, 0.3) is 5.91 Å². The minimum atomic E-state index is -0.524. The van der Waals surface area contributed by atoms with Gasteiger partial charge in [-0.25, -0.2) is 5.43 Å². The smallest absolute Gasteiger partial charge is 0.271 e. The fraction of sp³-hybridized carbons (Fsp3) is 0.0417. The van der Waals surface area contributed by atoms with E-state index in [-0.39, 0.29) is 11.7 Å². The number of rotatable bonds is 7. The molecule has 0 saturated heterocycles. The highest BCUT2D eigenvalue weighted by Gasteiger charge is 2.03. The van der Waals surface area contributed by atoms with Crippen molar-refractivity contribution in [2.75, 3.05) is 6.61 Å². The molecule has 0 heterocycles. The first-order chi connectivity index (χ1) is 14.2. The third kappa shape index (κ3) is 5.82. The molecule has 2 N–H and O–H groups in total. The van der Waals surface area contributed by atoms with Gasteiger partial charge in [0.05, 0.1) is 6.21 Å². The molecule has 29 heavy (non-hydrogen) atoms. The monoisotopic (exact) mass is 384 g/mol. The number of nitrogens with one attached hydrogen (secondary N) is 1. The predicted octanol–water partition coefficient (Wildman–Crippen LogP) is 3.69. The molecule has 0 bridgehead atoms. The highest BCUT2D eigenvalue weighted by atomic mass is 16.3. The van der Waals surface area contributed by atoms with Crippen LogP contribution in [-0.2, 0) is 4.79 Å². The molecule has 0 saturated carbocycles. The Morgan fingerprint density at radius 3 is 2.10 bits per heavy atom. The van der Waals surface area contributed by atoms with E-state index >= 15 is 0 Å². The number of aliphatic hydroxyl groups excluding tert-OH is 1. The summed E-state index contributed by atoms with van der Waals surface area (Å²) < 4.78 is 0. The van der Waals surface area contributed by atoms with Crippen molar-refractivity contribution in [3.05, 3.63) is 102 Å². The van der Waals surface area contributed by atoms with E-state index in [2.05, 4.69) is 22.7 Å². The molecule has 0 aliphatic carbocycles. The molecule has 3 rings (SSSR count). The Morgan fingerprint density at radius 2 is 1.45 bits per heavy atom. The van der Waals surface area contributed by atoms with Crippen LogP contribution >= 0.6 is 0 Å². The van der Waals surface area contributed by atoms with Crippen molar-refractivity contribution in [2.45, 2.75) is 0 Å². The fourth-order valence-corrected chi connectivity index (χ4v) is 2.61. The molecule has 0 radical (unpaired) electrons. The molecule has 1 amide bonds. The van der Waals surface area contributed by atoms with Crippen molar-refractivity contribution >= 4 is 24.0 Å². The summed E-state index contributed by atoms with van der Waals surface area (Å²) in [6, 6.07) is 24.7. The van der Waals surface area contributed by atoms with E-state index in [9.17, 15) is 9.59 Å². The molecule has 5 nitrogen and oxygen atoms in total. The van der Waals surface area contributed by atoms with Crippen molar-refractivity contribution in [1.82, 2.24) is 5.43 Å². The van der Waals surface area contributed by atoms with Crippen LogP contribution in [0.3, 0.4) is 0 Å². The van der Waals surface area contributed by atoms with Crippen molar-refractivity contribution in [3.63, 3.8) is 0 Å². The van der Waals surface area contributed by atoms with E-state index in [0.29, 0.717) is 5.56 Å². The van der Waals surface area contributed by atoms with Gasteiger partial charge in [0, 0.05) is 5.56 Å². The van der Waals surface area contributed by atoms with Gasteiger partial charge in [0.1, 0.15) is 6.61 Å². The second kappa shape index (κ2) is 9.92. The van der Waals surface area contributed by atoms with Gasteiger partial charge in [0.2, 0.25) is 0 Å². The Labute approximate surface area is 169 Å². The minimum absolute atomic E-state index is 0.330. The maximum Gasteiger partial charge on any atom is 0.271 e. The summed E-state index contributed by atoms with van der Waals surface area (Å²) in [4.78, 5) is 23.2. The number of aliphatic hydroxyl groups is 1. The number of benzene rings is 3. The first kappa shape index (κ1) is 19.9. The number of hydrogen-bond acceptors (Lipinski definition) is 4. The summed E-state index contributed by atoms with van der Waals surface area (Å²) >= 11 is 0. The third-order valence-electron chi connectivity index (χ3n) is 4.19. The summed E-state index contributed by atoms with van der Waals surface area (Å²) in [7, 11) is 0. The van der Waals surface area contributed by atoms with Crippen molar-refractivity contribution in [3.8, 4) is 11.1 Å². The molecule has 0 spiro atoms. The van der Waals surface area contributed by atoms with E-state index in [1.807, 2.05) is 42.5 Å². The standard InChI is InChI=1S/C24H20N2O3/c27-17-23(28)15-10-18-6-13-22(14-7-18)24(29)26-25-16-19-8-11-21(12-9-19)20-4-2-1-3-5-20/h1-16,27H,17H2,(H,26,29)/b15-10+,25-16+. The van der Waals surface area contributed by atoms with E-state index in [1.54, 1.807) is 36.6 Å². The highest BCUT2D eigenvalue weighted by molar-refractivity contribution is 5.96. The number of nitrogens with zero attached hydrogens (tertiary/aromatic N) is 1. The van der Waals surface area contributed by atoms with E-state index in [1.165, 1.54) is 6.08 Å². The first-order valence-electron chi connectivity index (χ1n) is 9.06. The van der Waals surface area contributed by atoms with Crippen molar-refractivity contribution < 1.29 is 14.7 Å². The zero-order chi connectivity index (χ0) is 20.5. The normalized spacial score (nSPS) is 11.1. The molecule has 0 aliphatic heterocycles. The Balaban J connectivity index is 1.56. The number of carbonyl (C=O) groups is 2. The first-order valence-corrected chi connectivity index (χ1v) is 9.06. The second-order valence-electron chi connectivity index (χ2n) is 6.27. The van der Waals surface area contributed by atoms with Gasteiger partial charge in [-0.3, -0.25) is 9.59 Å². The molecule has 0 atom stereocenters. The van der Waals surface area contributed by atoms with E-state index < -0.39 is 6.61 Å². The number of hydrazone groups is 1. The Kier molecular flexibility index (Phi) is 6.81. The molecule has 3 aromatic carbocycles. The molecule has 0 fully saturated rings. The number of carbonyl (C=O) groups excluding carboxylic acids is 2. The molecule has 0 aliphatic rings. The van der Waals surface area contributed by atoms with Gasteiger partial charge >= 0.3 is 0 Å². The lowest BCUT2D eigenvalue weighted by molar-refractivity contribution is -0.117. The lowest BCUT2D eigenvalue weighted by atomic mass is 10.0. The summed E-state index contributed by atoms with van der Waals surface area (Å²) in [6.07, 6.45) is 4.46. The number of ketones is 1. The molecular weight excluding hydrogens is 364 g/mol. The number of amides is 1. The number of hydrogen-bond donors (Lipinski definition) is 2. The second-order valence-corrected chi connectivity index (χ2v) is 6.27. The average molecular weight is 384 g/mol. The van der Waals surface area contributed by atoms with E-state index in [0.717, 1.165) is 22.3 Å². The van der Waals surface area contributed by atoms with E-state index in [4.69, 9.17) is 5.11 Å². The van der Waals surface area contributed by atoms with Crippen LogP contribution in [0.2, 0.25) is 0 Å². The van der Waals surface area contributed by atoms with Crippen LogP contribution in [0.25, 0.3) is 17.2 Å². The Hall–Kier alpha value is -3.83. The average Bonchev–Trinajstić information content (AvgIpc) is 2.78. The quantitative estimate of drug-likeness (QED) is 0.370. The summed E-state index contributed by atoms with van der Waals surface area (Å²) in [5.74, 6) is -0.706. The van der Waals surface area contributed by atoms with Crippen LogP contribution in [0, 0.1) is 0 Å². The van der Waals surface area contributed by atoms with Crippen LogP contribution in [0.15, 0.2) is 90.0 Å². The van der Waals surface area contributed by atoms with Crippen LogP contribution < -0.4 is 5.43 Å². The van der Waals surface area contributed by atoms with Gasteiger partial charge in [0.15, 0.2) is 5.78 Å². The Bertz CT molecular complexity index is 1020. The largest absolute Gasteiger partial charge is 0.388 e. The van der Waals surface area contributed by atoms with Crippen LogP contribution in [0.5, 0.6) is 0 Å². The summed E-state index contributed by atoms with van der Waals surface area (Å²) in [6.45, 7) is -0.524. The molecule has 0 unspecified atom stereocenters. The molecule has 144 valence electrons.